The number of hydrogen-bond donors (Lipinski definition) is 1. The maximum absolute atomic E-state index is 6.24. The number of ether oxygens (including phenoxy) is 2. The molecule has 0 radical (unpaired) electrons. The Morgan fingerprint density at radius 2 is 2.20 bits per heavy atom. The van der Waals surface area contributed by atoms with Gasteiger partial charge in [0.05, 0.1) is 18.2 Å². The van der Waals surface area contributed by atoms with Gasteiger partial charge in [0.1, 0.15) is 5.76 Å². The molecule has 0 aromatic heterocycles. The van der Waals surface area contributed by atoms with Gasteiger partial charge in [0, 0.05) is 6.61 Å². The minimum absolute atomic E-state index is 0.0990. The molecule has 0 bridgehead atoms. The Balaban J connectivity index is 2.04. The van der Waals surface area contributed by atoms with Crippen LogP contribution in [-0.4, -0.2) is 24.9 Å². The number of rotatable bonds is 2. The summed E-state index contributed by atoms with van der Waals surface area (Å²) in [6.45, 7) is 3.74. The van der Waals surface area contributed by atoms with Crippen molar-refractivity contribution in [2.24, 2.45) is 5.73 Å². The van der Waals surface area contributed by atoms with Gasteiger partial charge < -0.3 is 15.2 Å². The molecule has 2 rings (SSSR count). The Hall–Kier alpha value is -0.540. The number of hydrogen-bond acceptors (Lipinski definition) is 3. The summed E-state index contributed by atoms with van der Waals surface area (Å²) >= 11 is 0. The topological polar surface area (TPSA) is 44.5 Å². The highest BCUT2D eigenvalue weighted by molar-refractivity contribution is 5.11. The molecule has 0 aromatic rings. The van der Waals surface area contributed by atoms with Gasteiger partial charge in [-0.1, -0.05) is 0 Å². The van der Waals surface area contributed by atoms with Crippen molar-refractivity contribution in [1.82, 2.24) is 0 Å². The van der Waals surface area contributed by atoms with Crippen LogP contribution in [0.2, 0.25) is 0 Å². The third-order valence-corrected chi connectivity index (χ3v) is 3.43. The minimum atomic E-state index is -0.221. The molecule has 0 aromatic carbocycles. The molecule has 3 nitrogen and oxygen atoms in total. The highest BCUT2D eigenvalue weighted by Crippen LogP contribution is 2.31. The lowest BCUT2D eigenvalue weighted by Crippen LogP contribution is -2.51. The van der Waals surface area contributed by atoms with Crippen molar-refractivity contribution < 1.29 is 9.47 Å². The van der Waals surface area contributed by atoms with Crippen molar-refractivity contribution in [2.45, 2.75) is 50.7 Å². The van der Waals surface area contributed by atoms with Crippen LogP contribution in [0.5, 0.6) is 0 Å². The van der Waals surface area contributed by atoms with Gasteiger partial charge in [0.15, 0.2) is 0 Å². The van der Waals surface area contributed by atoms with Gasteiger partial charge in [0.2, 0.25) is 0 Å². The van der Waals surface area contributed by atoms with E-state index in [9.17, 15) is 0 Å². The molecule has 2 aliphatic rings. The van der Waals surface area contributed by atoms with Crippen LogP contribution in [-0.2, 0) is 9.47 Å². The van der Waals surface area contributed by atoms with E-state index in [4.69, 9.17) is 15.2 Å². The van der Waals surface area contributed by atoms with Gasteiger partial charge in [0.25, 0.3) is 0 Å². The lowest BCUT2D eigenvalue weighted by molar-refractivity contribution is -0.0834. The van der Waals surface area contributed by atoms with Gasteiger partial charge in [-0.15, -0.1) is 0 Å². The third-order valence-electron chi connectivity index (χ3n) is 3.43. The second kappa shape index (κ2) is 4.54. The second-order valence-electron chi connectivity index (χ2n) is 4.69. The van der Waals surface area contributed by atoms with Gasteiger partial charge in [-0.3, -0.25) is 0 Å². The van der Waals surface area contributed by atoms with Crippen LogP contribution in [0, 0.1) is 0 Å². The summed E-state index contributed by atoms with van der Waals surface area (Å²) in [5.74, 6) is 0.936. The van der Waals surface area contributed by atoms with E-state index in [1.165, 1.54) is 6.42 Å². The Kier molecular flexibility index (Phi) is 3.32. The van der Waals surface area contributed by atoms with Gasteiger partial charge >= 0.3 is 0 Å². The van der Waals surface area contributed by atoms with Crippen LogP contribution in [0.1, 0.15) is 39.0 Å². The molecule has 2 atom stereocenters. The predicted molar refractivity (Wildman–Crippen MR) is 59.5 cm³/mol. The highest BCUT2D eigenvalue weighted by atomic mass is 16.5. The third kappa shape index (κ3) is 2.34. The Morgan fingerprint density at radius 3 is 2.80 bits per heavy atom. The van der Waals surface area contributed by atoms with Crippen molar-refractivity contribution in [3.63, 3.8) is 0 Å². The molecule has 86 valence electrons. The fraction of sp³-hybridized carbons (Fsp3) is 0.833. The zero-order valence-corrected chi connectivity index (χ0v) is 9.50. The molecule has 0 amide bonds. The molecule has 0 spiro atoms. The van der Waals surface area contributed by atoms with Crippen molar-refractivity contribution in [3.8, 4) is 0 Å². The van der Waals surface area contributed by atoms with Crippen LogP contribution < -0.4 is 5.73 Å². The summed E-state index contributed by atoms with van der Waals surface area (Å²) in [6, 6.07) is -0.0990. The number of allylic oxidation sites excluding steroid dienone is 1. The summed E-state index contributed by atoms with van der Waals surface area (Å²) in [4.78, 5) is 0. The Bertz CT molecular complexity index is 244. The average Bonchev–Trinajstić information content (AvgIpc) is 2.30. The fourth-order valence-electron chi connectivity index (χ4n) is 2.30. The lowest BCUT2D eigenvalue weighted by Gasteiger charge is -2.39. The molecule has 2 N–H and O–H groups in total. The molecule has 2 aliphatic heterocycles. The van der Waals surface area contributed by atoms with E-state index in [0.29, 0.717) is 0 Å². The zero-order chi connectivity index (χ0) is 10.7. The van der Waals surface area contributed by atoms with Crippen molar-refractivity contribution in [3.05, 3.63) is 11.8 Å². The molecule has 15 heavy (non-hydrogen) atoms. The Labute approximate surface area is 91.6 Å². The average molecular weight is 211 g/mol. The molecule has 0 saturated carbocycles. The van der Waals surface area contributed by atoms with E-state index in [-0.39, 0.29) is 11.6 Å². The molecule has 2 unspecified atom stereocenters. The fourth-order valence-corrected chi connectivity index (χ4v) is 2.30. The second-order valence-corrected chi connectivity index (χ2v) is 4.69. The van der Waals surface area contributed by atoms with Gasteiger partial charge in [-0.25, -0.2) is 0 Å². The smallest absolute Gasteiger partial charge is 0.112 e. The van der Waals surface area contributed by atoms with Crippen LogP contribution in [0.3, 0.4) is 0 Å². The maximum Gasteiger partial charge on any atom is 0.112 e. The summed E-state index contributed by atoms with van der Waals surface area (Å²) in [5.41, 5.74) is 6.02. The first kappa shape index (κ1) is 11.0. The standard InChI is InChI=1S/C12H21NO2/c1-12(7-3-5-9-15-12)11(13)10-6-2-4-8-14-10/h6,11H,2-5,7-9,13H2,1H3. The minimum Gasteiger partial charge on any atom is -0.496 e. The van der Waals surface area contributed by atoms with E-state index < -0.39 is 0 Å². The molecule has 3 heteroatoms. The summed E-state index contributed by atoms with van der Waals surface area (Å²) in [7, 11) is 0. The van der Waals surface area contributed by atoms with Gasteiger partial charge in [-0.2, -0.15) is 0 Å². The summed E-state index contributed by atoms with van der Waals surface area (Å²) < 4.78 is 11.4. The SMILES string of the molecule is CC1(C(N)C2=CCCCO2)CCCCO1. The van der Waals surface area contributed by atoms with Crippen molar-refractivity contribution >= 4 is 0 Å². The first-order valence-electron chi connectivity index (χ1n) is 5.95. The first-order chi connectivity index (χ1) is 7.22. The molecule has 0 aliphatic carbocycles. The van der Waals surface area contributed by atoms with Crippen molar-refractivity contribution in [1.29, 1.82) is 0 Å². The van der Waals surface area contributed by atoms with E-state index in [0.717, 1.165) is 44.7 Å². The summed E-state index contributed by atoms with van der Waals surface area (Å²) in [5, 5.41) is 0. The normalized spacial score (nSPS) is 34.1. The molecular weight excluding hydrogens is 190 g/mol. The largest absolute Gasteiger partial charge is 0.496 e. The van der Waals surface area contributed by atoms with E-state index in [1.807, 2.05) is 0 Å². The predicted octanol–water partition coefficient (Wildman–Crippen LogP) is 1.97. The van der Waals surface area contributed by atoms with Crippen LogP contribution in [0.15, 0.2) is 11.8 Å². The van der Waals surface area contributed by atoms with E-state index in [2.05, 4.69) is 13.0 Å². The monoisotopic (exact) mass is 211 g/mol. The van der Waals surface area contributed by atoms with Crippen molar-refractivity contribution in [2.75, 3.05) is 13.2 Å². The zero-order valence-electron chi connectivity index (χ0n) is 9.50. The van der Waals surface area contributed by atoms with E-state index in [1.54, 1.807) is 0 Å². The molecular formula is C12H21NO2. The number of nitrogens with two attached hydrogens (primary N) is 1. The lowest BCUT2D eigenvalue weighted by atomic mass is 9.87. The van der Waals surface area contributed by atoms with Crippen LogP contribution in [0.25, 0.3) is 0 Å². The van der Waals surface area contributed by atoms with Crippen LogP contribution in [0.4, 0.5) is 0 Å². The first-order valence-corrected chi connectivity index (χ1v) is 5.95. The summed E-state index contributed by atoms with van der Waals surface area (Å²) in [6.07, 6.45) is 7.71. The quantitative estimate of drug-likeness (QED) is 0.759. The molecule has 1 fully saturated rings. The van der Waals surface area contributed by atoms with Crippen LogP contribution >= 0.6 is 0 Å². The molecule has 2 heterocycles. The Morgan fingerprint density at radius 1 is 1.33 bits per heavy atom. The highest BCUT2D eigenvalue weighted by Gasteiger charge is 2.37. The van der Waals surface area contributed by atoms with E-state index >= 15 is 0 Å². The van der Waals surface area contributed by atoms with Gasteiger partial charge in [-0.05, 0) is 45.1 Å². The molecule has 1 saturated heterocycles. The maximum atomic E-state index is 6.24.